The fraction of sp³-hybridized carbons (Fsp3) is 0.318. The second kappa shape index (κ2) is 8.63. The van der Waals surface area contributed by atoms with Crippen molar-refractivity contribution in [2.45, 2.75) is 38.2 Å². The number of rotatable bonds is 7. The van der Waals surface area contributed by atoms with E-state index in [1.807, 2.05) is 45.0 Å². The van der Waals surface area contributed by atoms with E-state index < -0.39 is 28.3 Å². The summed E-state index contributed by atoms with van der Waals surface area (Å²) in [6.07, 6.45) is -0.348. The minimum Gasteiger partial charge on any atom is -0.465 e. The van der Waals surface area contributed by atoms with Crippen LogP contribution in [-0.2, 0) is 15.5 Å². The van der Waals surface area contributed by atoms with Gasteiger partial charge in [-0.1, -0.05) is 50.3 Å². The van der Waals surface area contributed by atoms with Crippen molar-refractivity contribution in [1.82, 2.24) is 0 Å². The molecule has 0 fully saturated rings. The molecule has 0 aromatic heterocycles. The van der Waals surface area contributed by atoms with Crippen molar-refractivity contribution >= 4 is 16.8 Å². The van der Waals surface area contributed by atoms with Crippen LogP contribution in [0.25, 0.3) is 0 Å². The second-order valence-corrected chi connectivity index (χ2v) is 8.29. The zero-order valence-corrected chi connectivity index (χ0v) is 17.0. The number of benzene rings is 2. The number of aliphatic hydroxyl groups excluding tert-OH is 1. The van der Waals surface area contributed by atoms with E-state index in [0.717, 1.165) is 5.56 Å². The standard InChI is InChI=1S/C22H26O4S/c1-6-22(4,16(3)27(25)19-13-7-15(2)8-14-19)20(23)17-9-11-18(12-10-17)21(24)26-5/h7-14,20,23H,3,6H2,1-2,4-5H3/t20-,22-,27?/m1/s1. The van der Waals surface area contributed by atoms with Gasteiger partial charge < -0.3 is 9.84 Å². The molecule has 1 N–H and O–H groups in total. The Kier molecular flexibility index (Phi) is 6.73. The lowest BCUT2D eigenvalue weighted by atomic mass is 9.78. The first-order valence-corrected chi connectivity index (χ1v) is 9.93. The molecular formula is C22H26O4S. The molecule has 0 aliphatic rings. The molecule has 0 heterocycles. The third kappa shape index (κ3) is 4.37. The van der Waals surface area contributed by atoms with E-state index in [9.17, 15) is 14.1 Å². The highest BCUT2D eigenvalue weighted by atomic mass is 32.2. The Labute approximate surface area is 163 Å². The van der Waals surface area contributed by atoms with E-state index in [1.54, 1.807) is 24.3 Å². The van der Waals surface area contributed by atoms with Crippen molar-refractivity contribution in [3.05, 3.63) is 76.7 Å². The van der Waals surface area contributed by atoms with Gasteiger partial charge in [0.05, 0.1) is 29.6 Å². The van der Waals surface area contributed by atoms with Gasteiger partial charge >= 0.3 is 5.97 Å². The lowest BCUT2D eigenvalue weighted by Crippen LogP contribution is -2.29. The SMILES string of the molecule is C=C(S(=O)c1ccc(C)cc1)[C@@](C)(CC)[C@H](O)c1ccc(C(=O)OC)cc1. The Morgan fingerprint density at radius 3 is 2.22 bits per heavy atom. The lowest BCUT2D eigenvalue weighted by Gasteiger charge is -2.35. The fourth-order valence-electron chi connectivity index (χ4n) is 2.85. The number of esters is 1. The molecule has 2 aromatic rings. The number of aliphatic hydroxyl groups is 1. The molecule has 0 saturated carbocycles. The molecule has 4 nitrogen and oxygen atoms in total. The van der Waals surface area contributed by atoms with Crippen LogP contribution in [0.3, 0.4) is 0 Å². The smallest absolute Gasteiger partial charge is 0.337 e. The highest BCUT2D eigenvalue weighted by Crippen LogP contribution is 2.44. The van der Waals surface area contributed by atoms with Crippen molar-refractivity contribution in [3.63, 3.8) is 0 Å². The van der Waals surface area contributed by atoms with Crippen molar-refractivity contribution in [1.29, 1.82) is 0 Å². The van der Waals surface area contributed by atoms with Crippen LogP contribution < -0.4 is 0 Å². The van der Waals surface area contributed by atoms with Crippen LogP contribution in [0.5, 0.6) is 0 Å². The molecule has 2 rings (SSSR count). The highest BCUT2D eigenvalue weighted by molar-refractivity contribution is 7.89. The number of aryl methyl sites for hydroxylation is 1. The average Bonchev–Trinajstić information content (AvgIpc) is 2.71. The maximum absolute atomic E-state index is 13.0. The minimum atomic E-state index is -1.44. The largest absolute Gasteiger partial charge is 0.465 e. The molecule has 5 heteroatoms. The van der Waals surface area contributed by atoms with Crippen LogP contribution >= 0.6 is 0 Å². The number of carbonyl (C=O) groups excluding carboxylic acids is 1. The summed E-state index contributed by atoms with van der Waals surface area (Å²) in [5.74, 6) is -0.431. The van der Waals surface area contributed by atoms with Gasteiger partial charge in [-0.2, -0.15) is 0 Å². The molecule has 144 valence electrons. The number of hydrogen-bond donors (Lipinski definition) is 1. The third-order valence-corrected chi connectivity index (χ3v) is 6.70. The Morgan fingerprint density at radius 2 is 1.74 bits per heavy atom. The number of methoxy groups -OCH3 is 1. The van der Waals surface area contributed by atoms with Gasteiger partial charge in [0.1, 0.15) is 0 Å². The average molecular weight is 387 g/mol. The minimum absolute atomic E-state index is 0.411. The quantitative estimate of drug-likeness (QED) is 0.709. The molecule has 2 aromatic carbocycles. The molecule has 0 saturated heterocycles. The van der Waals surface area contributed by atoms with Gasteiger partial charge in [0.2, 0.25) is 0 Å². The van der Waals surface area contributed by atoms with Crippen LogP contribution in [0.4, 0.5) is 0 Å². The van der Waals surface area contributed by atoms with Gasteiger partial charge in [-0.25, -0.2) is 9.00 Å². The fourth-order valence-corrected chi connectivity index (χ4v) is 4.19. The number of carbonyl (C=O) groups is 1. The van der Waals surface area contributed by atoms with E-state index in [0.29, 0.717) is 27.3 Å². The first kappa shape index (κ1) is 21.1. The first-order chi connectivity index (χ1) is 12.7. The Morgan fingerprint density at radius 1 is 1.19 bits per heavy atom. The normalized spacial score (nSPS) is 15.4. The predicted molar refractivity (Wildman–Crippen MR) is 108 cm³/mol. The topological polar surface area (TPSA) is 63.6 Å². The summed E-state index contributed by atoms with van der Waals surface area (Å²) in [5.41, 5.74) is 1.34. The summed E-state index contributed by atoms with van der Waals surface area (Å²) >= 11 is 0. The summed E-state index contributed by atoms with van der Waals surface area (Å²) < 4.78 is 17.7. The van der Waals surface area contributed by atoms with Crippen molar-refractivity contribution < 1.29 is 18.8 Å². The molecule has 1 unspecified atom stereocenters. The van der Waals surface area contributed by atoms with Gasteiger partial charge in [0, 0.05) is 15.2 Å². The molecule has 0 spiro atoms. The van der Waals surface area contributed by atoms with Gasteiger partial charge in [-0.15, -0.1) is 0 Å². The van der Waals surface area contributed by atoms with Gasteiger partial charge in [0.15, 0.2) is 0 Å². The van der Waals surface area contributed by atoms with E-state index in [-0.39, 0.29) is 0 Å². The lowest BCUT2D eigenvalue weighted by molar-refractivity contribution is 0.0596. The van der Waals surface area contributed by atoms with Crippen LogP contribution in [0.2, 0.25) is 0 Å². The molecule has 0 aliphatic carbocycles. The van der Waals surface area contributed by atoms with E-state index >= 15 is 0 Å². The third-order valence-electron chi connectivity index (χ3n) is 5.08. The van der Waals surface area contributed by atoms with Crippen molar-refractivity contribution in [2.75, 3.05) is 7.11 Å². The maximum atomic E-state index is 13.0. The van der Waals surface area contributed by atoms with E-state index in [2.05, 4.69) is 6.58 Å². The highest BCUT2D eigenvalue weighted by Gasteiger charge is 2.38. The van der Waals surface area contributed by atoms with Crippen molar-refractivity contribution in [3.8, 4) is 0 Å². The molecule has 0 amide bonds. The summed E-state index contributed by atoms with van der Waals surface area (Å²) in [7, 11) is -0.119. The van der Waals surface area contributed by atoms with Crippen molar-refractivity contribution in [2.24, 2.45) is 5.41 Å². The molecular weight excluding hydrogens is 360 g/mol. The van der Waals surface area contributed by atoms with Crippen LogP contribution in [0.15, 0.2) is 64.9 Å². The monoisotopic (exact) mass is 386 g/mol. The Balaban J connectivity index is 2.31. The second-order valence-electron chi connectivity index (χ2n) is 6.79. The molecule has 0 aliphatic heterocycles. The van der Waals surface area contributed by atoms with Gasteiger partial charge in [-0.3, -0.25) is 0 Å². The first-order valence-electron chi connectivity index (χ1n) is 8.78. The zero-order valence-electron chi connectivity index (χ0n) is 16.2. The van der Waals surface area contributed by atoms with Gasteiger partial charge in [-0.05, 0) is 43.2 Å². The summed E-state index contributed by atoms with van der Waals surface area (Å²) in [6.45, 7) is 9.83. The maximum Gasteiger partial charge on any atom is 0.337 e. The Hall–Kier alpha value is -2.24. The van der Waals surface area contributed by atoms with E-state index in [1.165, 1.54) is 7.11 Å². The molecule has 3 atom stereocenters. The number of ether oxygens (including phenoxy) is 1. The Bertz CT molecular complexity index is 840. The van der Waals surface area contributed by atoms with Crippen LogP contribution in [-0.4, -0.2) is 22.4 Å². The molecule has 27 heavy (non-hydrogen) atoms. The summed E-state index contributed by atoms with van der Waals surface area (Å²) in [6, 6.07) is 14.1. The van der Waals surface area contributed by atoms with Crippen LogP contribution in [0.1, 0.15) is 47.9 Å². The summed E-state index contributed by atoms with van der Waals surface area (Å²) in [4.78, 5) is 12.7. The number of hydrogen-bond acceptors (Lipinski definition) is 4. The molecule has 0 bridgehead atoms. The zero-order chi connectivity index (χ0) is 20.2. The summed E-state index contributed by atoms with van der Waals surface area (Å²) in [5, 5.41) is 11.0. The van der Waals surface area contributed by atoms with Gasteiger partial charge in [0.25, 0.3) is 0 Å². The predicted octanol–water partition coefficient (Wildman–Crippen LogP) is 4.55. The van der Waals surface area contributed by atoms with Crippen LogP contribution in [0, 0.1) is 12.3 Å². The molecule has 0 radical (unpaired) electrons. The van der Waals surface area contributed by atoms with E-state index in [4.69, 9.17) is 4.74 Å².